The lowest BCUT2D eigenvalue weighted by atomic mass is 10.2. The Kier molecular flexibility index (Phi) is 4.12. The highest BCUT2D eigenvalue weighted by Gasteiger charge is 2.13. The number of carbonyl (C=O) groups is 1. The van der Waals surface area contributed by atoms with Crippen molar-refractivity contribution in [3.63, 3.8) is 0 Å². The number of benzene rings is 1. The van der Waals surface area contributed by atoms with Crippen molar-refractivity contribution in [2.75, 3.05) is 11.4 Å². The molecule has 2 rings (SSSR count). The maximum atomic E-state index is 10.7. The molecule has 0 atom stereocenters. The van der Waals surface area contributed by atoms with Crippen LogP contribution in [0.3, 0.4) is 0 Å². The number of rotatable bonds is 6. The zero-order valence-electron chi connectivity index (χ0n) is 10.6. The molecule has 0 aliphatic carbocycles. The molecule has 0 aliphatic rings. The monoisotopic (exact) mass is 261 g/mol. The molecule has 0 bridgehead atoms. The van der Waals surface area contributed by atoms with E-state index < -0.39 is 5.97 Å². The summed E-state index contributed by atoms with van der Waals surface area (Å²) >= 11 is 0. The Bertz CT molecular complexity index is 539. The van der Waals surface area contributed by atoms with Crippen molar-refractivity contribution < 1.29 is 14.5 Å². The van der Waals surface area contributed by atoms with Crippen LogP contribution in [0.1, 0.15) is 17.8 Å². The van der Waals surface area contributed by atoms with Gasteiger partial charge < -0.3 is 10.0 Å². The van der Waals surface area contributed by atoms with Crippen molar-refractivity contribution in [3.8, 4) is 0 Å². The first-order valence-corrected chi connectivity index (χ1v) is 5.96. The van der Waals surface area contributed by atoms with Crippen LogP contribution in [0.4, 0.5) is 5.69 Å². The summed E-state index contributed by atoms with van der Waals surface area (Å²) < 4.78 is 4.66. The van der Waals surface area contributed by atoms with E-state index in [9.17, 15) is 4.79 Å². The van der Waals surface area contributed by atoms with E-state index in [0.717, 1.165) is 11.4 Å². The second-order valence-corrected chi connectivity index (χ2v) is 4.20. The number of carboxylic acids is 1. The summed E-state index contributed by atoms with van der Waals surface area (Å²) in [4.78, 5) is 12.7. The van der Waals surface area contributed by atoms with Gasteiger partial charge in [-0.15, -0.1) is 0 Å². The topological polar surface area (TPSA) is 79.5 Å². The number of aromatic nitrogens is 2. The number of aryl methyl sites for hydroxylation is 1. The predicted molar refractivity (Wildman–Crippen MR) is 68.8 cm³/mol. The molecule has 0 fully saturated rings. The summed E-state index contributed by atoms with van der Waals surface area (Å²) in [5, 5.41) is 16.4. The fraction of sp³-hybridized carbons (Fsp3) is 0.308. The molecule has 1 aromatic heterocycles. The van der Waals surface area contributed by atoms with Crippen molar-refractivity contribution in [1.82, 2.24) is 10.3 Å². The van der Waals surface area contributed by atoms with Gasteiger partial charge in [-0.1, -0.05) is 28.5 Å². The van der Waals surface area contributed by atoms with E-state index in [-0.39, 0.29) is 6.42 Å². The van der Waals surface area contributed by atoms with Crippen LogP contribution in [-0.2, 0) is 11.3 Å². The normalized spacial score (nSPS) is 10.4. The molecule has 0 saturated carbocycles. The second-order valence-electron chi connectivity index (χ2n) is 4.20. The summed E-state index contributed by atoms with van der Waals surface area (Å²) in [5.74, 6) is -0.823. The number of carboxylic acid groups (broad SMARTS) is 1. The van der Waals surface area contributed by atoms with Crippen LogP contribution in [-0.4, -0.2) is 27.9 Å². The number of aliphatic carboxylic acids is 1. The van der Waals surface area contributed by atoms with Gasteiger partial charge in [-0.05, 0) is 19.1 Å². The Labute approximate surface area is 110 Å². The van der Waals surface area contributed by atoms with Gasteiger partial charge >= 0.3 is 5.97 Å². The van der Waals surface area contributed by atoms with Crippen LogP contribution in [0.25, 0.3) is 0 Å². The predicted octanol–water partition coefficient (Wildman–Crippen LogP) is 1.86. The summed E-state index contributed by atoms with van der Waals surface area (Å²) in [6.45, 7) is 2.70. The fourth-order valence-corrected chi connectivity index (χ4v) is 1.74. The molecule has 1 heterocycles. The van der Waals surface area contributed by atoms with Crippen molar-refractivity contribution in [3.05, 3.63) is 41.7 Å². The zero-order valence-corrected chi connectivity index (χ0v) is 10.6. The summed E-state index contributed by atoms with van der Waals surface area (Å²) in [6, 6.07) is 9.62. The lowest BCUT2D eigenvalue weighted by Gasteiger charge is -2.23. The minimum Gasteiger partial charge on any atom is -0.481 e. The van der Waals surface area contributed by atoms with Gasteiger partial charge in [0.2, 0.25) is 0 Å². The molecule has 1 N–H and O–H groups in total. The lowest BCUT2D eigenvalue weighted by Crippen LogP contribution is -2.26. The van der Waals surface area contributed by atoms with Gasteiger partial charge in [0.15, 0.2) is 0 Å². The number of anilines is 1. The van der Waals surface area contributed by atoms with Crippen LogP contribution in [0.5, 0.6) is 0 Å². The van der Waals surface area contributed by atoms with Crippen LogP contribution >= 0.6 is 0 Å². The zero-order chi connectivity index (χ0) is 13.7. The van der Waals surface area contributed by atoms with Crippen molar-refractivity contribution >= 4 is 11.7 Å². The summed E-state index contributed by atoms with van der Waals surface area (Å²) in [7, 11) is 0. The Hall–Kier alpha value is -2.37. The number of para-hydroxylation sites is 1. The fourth-order valence-electron chi connectivity index (χ4n) is 1.74. The molecule has 6 nitrogen and oxygen atoms in total. The highest BCUT2D eigenvalue weighted by molar-refractivity contribution is 5.67. The molecule has 0 amide bonds. The van der Waals surface area contributed by atoms with Gasteiger partial charge in [0.05, 0.1) is 13.0 Å². The molecule has 2 aromatic rings. The maximum Gasteiger partial charge on any atom is 0.305 e. The van der Waals surface area contributed by atoms with E-state index in [1.807, 2.05) is 42.2 Å². The summed E-state index contributed by atoms with van der Waals surface area (Å²) in [6.07, 6.45) is 0.0687. The average molecular weight is 261 g/mol. The van der Waals surface area contributed by atoms with Crippen molar-refractivity contribution in [2.24, 2.45) is 0 Å². The minimum absolute atomic E-state index is 0.0687. The van der Waals surface area contributed by atoms with Gasteiger partial charge in [-0.3, -0.25) is 4.79 Å². The first-order valence-electron chi connectivity index (χ1n) is 5.96. The molecule has 0 aliphatic heterocycles. The quantitative estimate of drug-likeness (QED) is 0.855. The highest BCUT2D eigenvalue weighted by Crippen LogP contribution is 2.17. The van der Waals surface area contributed by atoms with Gasteiger partial charge in [-0.2, -0.15) is 0 Å². The Morgan fingerprint density at radius 1 is 1.32 bits per heavy atom. The first kappa shape index (κ1) is 13.1. The number of nitrogens with zero attached hydrogens (tertiary/aromatic N) is 3. The molecule has 0 unspecified atom stereocenters. The average Bonchev–Trinajstić information content (AvgIpc) is 2.81. The Balaban J connectivity index is 2.15. The van der Waals surface area contributed by atoms with Crippen molar-refractivity contribution in [1.29, 1.82) is 0 Å². The molecular formula is C13H15N3O3. The largest absolute Gasteiger partial charge is 0.481 e. The van der Waals surface area contributed by atoms with Gasteiger partial charge in [-0.25, -0.2) is 4.63 Å². The third-order valence-corrected chi connectivity index (χ3v) is 2.80. The molecule has 1 aromatic carbocycles. The van der Waals surface area contributed by atoms with Gasteiger partial charge in [0.25, 0.3) is 0 Å². The Morgan fingerprint density at radius 3 is 2.63 bits per heavy atom. The SMILES string of the molecule is Cc1nonc1CN(CCC(=O)O)c1ccccc1. The molecule has 100 valence electrons. The Morgan fingerprint density at radius 2 is 2.05 bits per heavy atom. The molecule has 6 heteroatoms. The van der Waals surface area contributed by atoms with E-state index in [4.69, 9.17) is 5.11 Å². The van der Waals surface area contributed by atoms with Crippen LogP contribution in [0, 0.1) is 6.92 Å². The molecule has 19 heavy (non-hydrogen) atoms. The van der Waals surface area contributed by atoms with Crippen LogP contribution in [0.2, 0.25) is 0 Å². The van der Waals surface area contributed by atoms with Crippen LogP contribution < -0.4 is 4.90 Å². The highest BCUT2D eigenvalue weighted by atomic mass is 16.6. The number of hydrogen-bond donors (Lipinski definition) is 1. The molecule has 0 spiro atoms. The van der Waals surface area contributed by atoms with E-state index in [1.165, 1.54) is 0 Å². The third-order valence-electron chi connectivity index (χ3n) is 2.80. The second kappa shape index (κ2) is 5.99. The maximum absolute atomic E-state index is 10.7. The van der Waals surface area contributed by atoms with E-state index >= 15 is 0 Å². The van der Waals surface area contributed by atoms with E-state index in [0.29, 0.717) is 18.8 Å². The molecular weight excluding hydrogens is 246 g/mol. The first-order chi connectivity index (χ1) is 9.16. The number of hydrogen-bond acceptors (Lipinski definition) is 5. The van der Waals surface area contributed by atoms with E-state index in [2.05, 4.69) is 14.9 Å². The molecule has 0 radical (unpaired) electrons. The van der Waals surface area contributed by atoms with Gasteiger partial charge in [0, 0.05) is 12.2 Å². The van der Waals surface area contributed by atoms with Gasteiger partial charge in [0.1, 0.15) is 11.4 Å². The lowest BCUT2D eigenvalue weighted by molar-refractivity contribution is -0.136. The third kappa shape index (κ3) is 3.54. The summed E-state index contributed by atoms with van der Waals surface area (Å²) in [5.41, 5.74) is 2.39. The smallest absolute Gasteiger partial charge is 0.305 e. The van der Waals surface area contributed by atoms with Crippen LogP contribution in [0.15, 0.2) is 35.0 Å². The minimum atomic E-state index is -0.823. The molecule has 0 saturated heterocycles. The van der Waals surface area contributed by atoms with E-state index in [1.54, 1.807) is 0 Å². The van der Waals surface area contributed by atoms with Crippen molar-refractivity contribution in [2.45, 2.75) is 19.9 Å². The standard InChI is InChI=1S/C13H15N3O3/c1-10-12(15-19-14-10)9-16(8-7-13(17)18)11-5-3-2-4-6-11/h2-6H,7-9H2,1H3,(H,17,18).